The highest BCUT2D eigenvalue weighted by Gasteiger charge is 2.40. The first kappa shape index (κ1) is 16.0. The Balaban J connectivity index is 2.00. The maximum Gasteiger partial charge on any atom is 0.533 e. The lowest BCUT2D eigenvalue weighted by atomic mass is 9.97. The molecule has 0 bridgehead atoms. The Morgan fingerprint density at radius 2 is 1.95 bits per heavy atom. The van der Waals surface area contributed by atoms with Crippen LogP contribution in [0.4, 0.5) is 0 Å². The molecule has 2 atom stereocenters. The lowest BCUT2D eigenvalue weighted by Crippen LogP contribution is -2.32. The fourth-order valence-electron chi connectivity index (χ4n) is 1.52. The van der Waals surface area contributed by atoms with Crippen LogP contribution in [0.2, 0.25) is 0 Å². The van der Waals surface area contributed by atoms with Crippen molar-refractivity contribution in [2.75, 3.05) is 6.61 Å². The van der Waals surface area contributed by atoms with Crippen LogP contribution in [-0.4, -0.2) is 18.9 Å². The quantitative estimate of drug-likeness (QED) is 0.628. The molecule has 21 heavy (non-hydrogen) atoms. The maximum atomic E-state index is 12.4. The Kier molecular flexibility index (Phi) is 4.71. The van der Waals surface area contributed by atoms with E-state index in [1.807, 2.05) is 0 Å². The number of hydrogen-bond donors (Lipinski definition) is 0. The van der Waals surface area contributed by atoms with Crippen molar-refractivity contribution in [2.45, 2.75) is 33.5 Å². The molecular weight excluding hydrogens is 295 g/mol. The molecule has 1 aliphatic heterocycles. The first-order valence-electron chi connectivity index (χ1n) is 6.67. The summed E-state index contributed by atoms with van der Waals surface area (Å²) in [5.41, 5.74) is -0.661. The van der Waals surface area contributed by atoms with Gasteiger partial charge in [-0.05, 0) is 32.9 Å². The van der Waals surface area contributed by atoms with E-state index in [1.165, 1.54) is 0 Å². The molecule has 6 nitrogen and oxygen atoms in total. The third-order valence-corrected chi connectivity index (χ3v) is 4.09. The number of para-hydroxylation sites is 1. The molecule has 0 amide bonds. The summed E-state index contributed by atoms with van der Waals surface area (Å²) in [6.45, 7) is 5.32. The molecule has 2 rings (SSSR count). The number of ether oxygens (including phenoxy) is 1. The number of esters is 1. The average Bonchev–Trinajstić information content (AvgIpc) is 2.38. The normalized spacial score (nSPS) is 26.1. The predicted octanol–water partition coefficient (Wildman–Crippen LogP) is 3.53. The van der Waals surface area contributed by atoms with Gasteiger partial charge >= 0.3 is 13.8 Å². The topological polar surface area (TPSA) is 71.1 Å². The second-order valence-electron chi connectivity index (χ2n) is 5.66. The van der Waals surface area contributed by atoms with Gasteiger partial charge in [-0.1, -0.05) is 18.2 Å². The molecule has 1 aliphatic rings. The summed E-state index contributed by atoms with van der Waals surface area (Å²) in [7, 11) is -3.78. The van der Waals surface area contributed by atoms with Gasteiger partial charge in [0, 0.05) is 6.42 Å². The van der Waals surface area contributed by atoms with Crippen LogP contribution >= 0.6 is 7.82 Å². The van der Waals surface area contributed by atoms with E-state index >= 15 is 0 Å². The van der Waals surface area contributed by atoms with Crippen LogP contribution < -0.4 is 4.52 Å². The fourth-order valence-corrected chi connectivity index (χ4v) is 2.82. The smallest absolute Gasteiger partial charge is 0.435 e. The number of rotatable bonds is 3. The van der Waals surface area contributed by atoms with Crippen molar-refractivity contribution in [3.8, 4) is 5.75 Å². The Bertz CT molecular complexity index is 536. The third-order valence-electron chi connectivity index (χ3n) is 2.66. The van der Waals surface area contributed by atoms with E-state index < -0.39 is 25.5 Å². The van der Waals surface area contributed by atoms with E-state index in [0.29, 0.717) is 12.2 Å². The van der Waals surface area contributed by atoms with Crippen LogP contribution in [0.3, 0.4) is 0 Å². The molecule has 1 heterocycles. The number of benzene rings is 1. The minimum Gasteiger partial charge on any atom is -0.435 e. The standard InChI is InChI=1S/C14H19O6P/c1-14(2,3)13(15)18-12-9-10-17-21(16,20-12)19-11-7-5-4-6-8-11/h4-8,12H,9-10H2,1-3H3. The van der Waals surface area contributed by atoms with Crippen molar-refractivity contribution in [3.05, 3.63) is 30.3 Å². The number of phosphoric ester groups is 1. The van der Waals surface area contributed by atoms with Crippen molar-refractivity contribution in [1.82, 2.24) is 0 Å². The van der Waals surface area contributed by atoms with Crippen molar-refractivity contribution >= 4 is 13.8 Å². The summed E-state index contributed by atoms with van der Waals surface area (Å²) >= 11 is 0. The summed E-state index contributed by atoms with van der Waals surface area (Å²) in [5.74, 6) is -0.0655. The highest BCUT2D eigenvalue weighted by molar-refractivity contribution is 7.49. The van der Waals surface area contributed by atoms with Gasteiger partial charge in [0.15, 0.2) is 0 Å². The van der Waals surface area contributed by atoms with Crippen LogP contribution in [-0.2, 0) is 23.1 Å². The van der Waals surface area contributed by atoms with Gasteiger partial charge in [-0.3, -0.25) is 9.32 Å². The van der Waals surface area contributed by atoms with Crippen LogP contribution in [0, 0.1) is 5.41 Å². The number of carbonyl (C=O) groups excluding carboxylic acids is 1. The summed E-state index contributed by atoms with van der Waals surface area (Å²) in [6.07, 6.45) is -0.621. The lowest BCUT2D eigenvalue weighted by molar-refractivity contribution is -0.180. The van der Waals surface area contributed by atoms with Crippen molar-refractivity contribution < 1.29 is 27.7 Å². The molecular formula is C14H19O6P. The number of carbonyl (C=O) groups is 1. The average molecular weight is 314 g/mol. The zero-order chi connectivity index (χ0) is 15.5. The van der Waals surface area contributed by atoms with Crippen molar-refractivity contribution in [1.29, 1.82) is 0 Å². The summed E-state index contributed by atoms with van der Waals surface area (Å²) in [5, 5.41) is 0. The molecule has 0 spiro atoms. The molecule has 1 aromatic carbocycles. The van der Waals surface area contributed by atoms with Gasteiger partial charge in [-0.15, -0.1) is 0 Å². The largest absolute Gasteiger partial charge is 0.533 e. The summed E-state index contributed by atoms with van der Waals surface area (Å²) in [6, 6.07) is 8.55. The van der Waals surface area contributed by atoms with E-state index in [-0.39, 0.29) is 6.61 Å². The second-order valence-corrected chi connectivity index (χ2v) is 7.21. The molecule has 2 unspecified atom stereocenters. The third kappa shape index (κ3) is 4.56. The Labute approximate surface area is 124 Å². The van der Waals surface area contributed by atoms with Crippen LogP contribution in [0.25, 0.3) is 0 Å². The van der Waals surface area contributed by atoms with Crippen LogP contribution in [0.15, 0.2) is 30.3 Å². The van der Waals surface area contributed by atoms with E-state index in [2.05, 4.69) is 0 Å². The molecule has 0 saturated carbocycles. The number of phosphoric acid groups is 1. The zero-order valence-electron chi connectivity index (χ0n) is 12.3. The maximum absolute atomic E-state index is 12.4. The lowest BCUT2D eigenvalue weighted by Gasteiger charge is -2.30. The Morgan fingerprint density at radius 1 is 1.29 bits per heavy atom. The number of hydrogen-bond acceptors (Lipinski definition) is 6. The van der Waals surface area contributed by atoms with E-state index in [0.717, 1.165) is 0 Å². The van der Waals surface area contributed by atoms with Crippen LogP contribution in [0.1, 0.15) is 27.2 Å². The highest BCUT2D eigenvalue weighted by Crippen LogP contribution is 2.53. The summed E-state index contributed by atoms with van der Waals surface area (Å²) < 4.78 is 33.1. The SMILES string of the molecule is CC(C)(C)C(=O)OC1CCOP(=O)(Oc2ccccc2)O1. The van der Waals surface area contributed by atoms with E-state index in [9.17, 15) is 9.36 Å². The minimum absolute atomic E-state index is 0.131. The second kappa shape index (κ2) is 6.18. The molecule has 1 aromatic rings. The van der Waals surface area contributed by atoms with Gasteiger partial charge in [0.25, 0.3) is 0 Å². The zero-order valence-corrected chi connectivity index (χ0v) is 13.2. The van der Waals surface area contributed by atoms with Gasteiger partial charge in [0.2, 0.25) is 6.29 Å². The first-order chi connectivity index (χ1) is 9.78. The Hall–Kier alpha value is -1.36. The van der Waals surface area contributed by atoms with Crippen molar-refractivity contribution in [2.24, 2.45) is 5.41 Å². The van der Waals surface area contributed by atoms with Gasteiger partial charge in [-0.2, -0.15) is 0 Å². The molecule has 7 heteroatoms. The first-order valence-corrected chi connectivity index (χ1v) is 8.13. The van der Waals surface area contributed by atoms with E-state index in [4.69, 9.17) is 18.3 Å². The van der Waals surface area contributed by atoms with Gasteiger partial charge in [0.1, 0.15) is 5.75 Å². The molecule has 1 saturated heterocycles. The molecule has 0 N–H and O–H groups in total. The molecule has 116 valence electrons. The van der Waals surface area contributed by atoms with Gasteiger partial charge in [-0.25, -0.2) is 9.09 Å². The highest BCUT2D eigenvalue weighted by atomic mass is 31.2. The fraction of sp³-hybridized carbons (Fsp3) is 0.500. The summed E-state index contributed by atoms with van der Waals surface area (Å²) in [4.78, 5) is 11.8. The van der Waals surface area contributed by atoms with Crippen molar-refractivity contribution in [3.63, 3.8) is 0 Å². The van der Waals surface area contributed by atoms with E-state index in [1.54, 1.807) is 51.1 Å². The van der Waals surface area contributed by atoms with Gasteiger partial charge in [0.05, 0.1) is 12.0 Å². The predicted molar refractivity (Wildman–Crippen MR) is 75.7 cm³/mol. The Morgan fingerprint density at radius 3 is 2.57 bits per heavy atom. The molecule has 0 aromatic heterocycles. The molecule has 1 fully saturated rings. The molecule has 0 aliphatic carbocycles. The van der Waals surface area contributed by atoms with Crippen LogP contribution in [0.5, 0.6) is 5.75 Å². The monoisotopic (exact) mass is 314 g/mol. The molecule has 0 radical (unpaired) electrons. The minimum atomic E-state index is -3.78. The van der Waals surface area contributed by atoms with Gasteiger partial charge < -0.3 is 9.26 Å².